The van der Waals surface area contributed by atoms with Crippen LogP contribution in [0, 0.1) is 17.8 Å². The summed E-state index contributed by atoms with van der Waals surface area (Å²) in [6.45, 7) is 16.0. The van der Waals surface area contributed by atoms with Gasteiger partial charge in [0.15, 0.2) is 0 Å². The summed E-state index contributed by atoms with van der Waals surface area (Å²) in [6, 6.07) is 0. The molecule has 0 saturated carbocycles. The lowest BCUT2D eigenvalue weighted by Crippen LogP contribution is -2.31. The zero-order valence-corrected chi connectivity index (χ0v) is 13.5. The summed E-state index contributed by atoms with van der Waals surface area (Å²) in [7, 11) is 0. The molecule has 0 aliphatic rings. The molecule has 0 aliphatic heterocycles. The Morgan fingerprint density at radius 3 is 2.00 bits per heavy atom. The smallest absolute Gasteiger partial charge is 0.0629 e. The summed E-state index contributed by atoms with van der Waals surface area (Å²) >= 11 is 0. The highest BCUT2D eigenvalue weighted by Gasteiger charge is 2.26. The Kier molecular flexibility index (Phi) is 8.13. The Labute approximate surface area is 114 Å². The Balaban J connectivity index is 4.23. The maximum Gasteiger partial charge on any atom is 0.0629 e. The van der Waals surface area contributed by atoms with E-state index < -0.39 is 0 Å². The lowest BCUT2D eigenvalue weighted by molar-refractivity contribution is -0.0495. The third kappa shape index (κ3) is 8.93. The van der Waals surface area contributed by atoms with E-state index in [2.05, 4.69) is 41.5 Å². The predicted octanol–water partition coefficient (Wildman–Crippen LogP) is 4.26. The molecule has 0 saturated heterocycles. The van der Waals surface area contributed by atoms with E-state index in [1.165, 1.54) is 6.42 Å². The molecule has 0 heterocycles. The molecule has 18 heavy (non-hydrogen) atoms. The van der Waals surface area contributed by atoms with Crippen molar-refractivity contribution in [3.8, 4) is 0 Å². The molecule has 0 aromatic carbocycles. The van der Waals surface area contributed by atoms with Crippen LogP contribution in [0.25, 0.3) is 0 Å². The number of hydrogen-bond donors (Lipinski definition) is 1. The van der Waals surface area contributed by atoms with Crippen molar-refractivity contribution in [2.45, 2.75) is 79.4 Å². The van der Waals surface area contributed by atoms with Gasteiger partial charge in [-0.05, 0) is 57.8 Å². The molecule has 2 unspecified atom stereocenters. The summed E-state index contributed by atoms with van der Waals surface area (Å²) < 4.78 is 5.94. The van der Waals surface area contributed by atoms with Gasteiger partial charge in [0.1, 0.15) is 0 Å². The molecule has 110 valence electrons. The summed E-state index contributed by atoms with van der Waals surface area (Å²) in [6.07, 6.45) is 2.82. The van der Waals surface area contributed by atoms with E-state index in [9.17, 15) is 5.11 Å². The van der Waals surface area contributed by atoms with Gasteiger partial charge in [0.05, 0.1) is 11.7 Å². The van der Waals surface area contributed by atoms with Crippen molar-refractivity contribution in [2.24, 2.45) is 17.8 Å². The van der Waals surface area contributed by atoms with Gasteiger partial charge in [0, 0.05) is 6.61 Å². The van der Waals surface area contributed by atoms with Crippen LogP contribution in [0.4, 0.5) is 0 Å². The van der Waals surface area contributed by atoms with E-state index in [1.807, 2.05) is 6.92 Å². The topological polar surface area (TPSA) is 29.5 Å². The van der Waals surface area contributed by atoms with Gasteiger partial charge < -0.3 is 9.84 Å². The van der Waals surface area contributed by atoms with E-state index in [4.69, 9.17) is 4.74 Å². The van der Waals surface area contributed by atoms with E-state index in [0.29, 0.717) is 18.4 Å². The molecule has 2 nitrogen and oxygen atoms in total. The first kappa shape index (κ1) is 17.9. The molecule has 0 aromatic heterocycles. The van der Waals surface area contributed by atoms with Crippen LogP contribution in [0.5, 0.6) is 0 Å². The third-order valence-electron chi connectivity index (χ3n) is 3.50. The van der Waals surface area contributed by atoms with Crippen LogP contribution in [0.2, 0.25) is 0 Å². The summed E-state index contributed by atoms with van der Waals surface area (Å²) in [5.74, 6) is 2.16. The molecule has 0 amide bonds. The Bertz CT molecular complexity index is 207. The summed E-state index contributed by atoms with van der Waals surface area (Å²) in [4.78, 5) is 0. The largest absolute Gasteiger partial charge is 0.393 e. The van der Waals surface area contributed by atoms with Gasteiger partial charge in [0.25, 0.3) is 0 Å². The average molecular weight is 258 g/mol. The van der Waals surface area contributed by atoms with Crippen molar-refractivity contribution in [2.75, 3.05) is 6.61 Å². The minimum absolute atomic E-state index is 0.0846. The molecular formula is C16H34O2. The quantitative estimate of drug-likeness (QED) is 0.669. The van der Waals surface area contributed by atoms with Crippen LogP contribution < -0.4 is 0 Å². The van der Waals surface area contributed by atoms with Gasteiger partial charge in [-0.15, -0.1) is 0 Å². The van der Waals surface area contributed by atoms with Crippen molar-refractivity contribution in [1.29, 1.82) is 0 Å². The first-order valence-electron chi connectivity index (χ1n) is 7.46. The first-order chi connectivity index (χ1) is 8.14. The van der Waals surface area contributed by atoms with Crippen molar-refractivity contribution < 1.29 is 9.84 Å². The van der Waals surface area contributed by atoms with Crippen molar-refractivity contribution >= 4 is 0 Å². The molecule has 1 N–H and O–H groups in total. The zero-order valence-electron chi connectivity index (χ0n) is 13.5. The molecule has 0 spiro atoms. The lowest BCUT2D eigenvalue weighted by Gasteiger charge is -2.33. The van der Waals surface area contributed by atoms with Crippen LogP contribution in [-0.2, 0) is 4.74 Å². The monoisotopic (exact) mass is 258 g/mol. The SMILES string of the molecule is CC(C)CC(CC(C)(C)OCCC(C)O)C(C)C. The van der Waals surface area contributed by atoms with Crippen LogP contribution >= 0.6 is 0 Å². The minimum atomic E-state index is -0.266. The molecule has 0 aromatic rings. The van der Waals surface area contributed by atoms with Crippen LogP contribution in [0.3, 0.4) is 0 Å². The molecule has 2 heteroatoms. The van der Waals surface area contributed by atoms with E-state index in [0.717, 1.165) is 18.8 Å². The molecule has 0 aliphatic carbocycles. The number of rotatable bonds is 9. The number of hydrogen-bond acceptors (Lipinski definition) is 2. The van der Waals surface area contributed by atoms with Gasteiger partial charge in [-0.3, -0.25) is 0 Å². The normalized spacial score (nSPS) is 16.3. The maximum absolute atomic E-state index is 9.26. The average Bonchev–Trinajstić information content (AvgIpc) is 2.14. The Morgan fingerprint density at radius 2 is 1.61 bits per heavy atom. The number of ether oxygens (including phenoxy) is 1. The Hall–Kier alpha value is -0.0800. The second-order valence-corrected chi connectivity index (χ2v) is 7.08. The highest BCUT2D eigenvalue weighted by molar-refractivity contribution is 4.77. The van der Waals surface area contributed by atoms with E-state index in [1.54, 1.807) is 0 Å². The van der Waals surface area contributed by atoms with E-state index >= 15 is 0 Å². The standard InChI is InChI=1S/C16H34O2/c1-12(2)10-15(13(3)4)11-16(6,7)18-9-8-14(5)17/h12-15,17H,8-11H2,1-7H3. The molecule has 0 bridgehead atoms. The summed E-state index contributed by atoms with van der Waals surface area (Å²) in [5, 5.41) is 9.26. The Morgan fingerprint density at radius 1 is 1.06 bits per heavy atom. The van der Waals surface area contributed by atoms with Gasteiger partial charge in [-0.1, -0.05) is 27.7 Å². The molecular weight excluding hydrogens is 224 g/mol. The van der Waals surface area contributed by atoms with Gasteiger partial charge in [-0.2, -0.15) is 0 Å². The van der Waals surface area contributed by atoms with Crippen LogP contribution in [0.15, 0.2) is 0 Å². The van der Waals surface area contributed by atoms with Gasteiger partial charge in [0.2, 0.25) is 0 Å². The fourth-order valence-corrected chi connectivity index (χ4v) is 2.39. The minimum Gasteiger partial charge on any atom is -0.393 e. The fourth-order valence-electron chi connectivity index (χ4n) is 2.39. The zero-order chi connectivity index (χ0) is 14.3. The van der Waals surface area contributed by atoms with Gasteiger partial charge in [-0.25, -0.2) is 0 Å². The molecule has 0 fully saturated rings. The fraction of sp³-hybridized carbons (Fsp3) is 1.00. The lowest BCUT2D eigenvalue weighted by atomic mass is 9.80. The van der Waals surface area contributed by atoms with Crippen molar-refractivity contribution in [3.05, 3.63) is 0 Å². The molecule has 0 rings (SSSR count). The van der Waals surface area contributed by atoms with Crippen molar-refractivity contribution in [3.63, 3.8) is 0 Å². The van der Waals surface area contributed by atoms with Crippen LogP contribution in [0.1, 0.15) is 67.7 Å². The first-order valence-corrected chi connectivity index (χ1v) is 7.46. The summed E-state index contributed by atoms with van der Waals surface area (Å²) in [5.41, 5.74) is -0.0846. The second-order valence-electron chi connectivity index (χ2n) is 7.08. The second kappa shape index (κ2) is 8.16. The number of aliphatic hydroxyl groups is 1. The third-order valence-corrected chi connectivity index (χ3v) is 3.50. The number of aliphatic hydroxyl groups excluding tert-OH is 1. The molecule has 0 radical (unpaired) electrons. The van der Waals surface area contributed by atoms with Crippen LogP contribution in [-0.4, -0.2) is 23.4 Å². The van der Waals surface area contributed by atoms with Gasteiger partial charge >= 0.3 is 0 Å². The highest BCUT2D eigenvalue weighted by atomic mass is 16.5. The maximum atomic E-state index is 9.26. The molecule has 2 atom stereocenters. The van der Waals surface area contributed by atoms with Crippen molar-refractivity contribution in [1.82, 2.24) is 0 Å². The predicted molar refractivity (Wildman–Crippen MR) is 78.7 cm³/mol. The van der Waals surface area contributed by atoms with E-state index in [-0.39, 0.29) is 11.7 Å². The highest BCUT2D eigenvalue weighted by Crippen LogP contribution is 2.30.